The van der Waals surface area contributed by atoms with Crippen LogP contribution in [0.15, 0.2) is 47.4 Å². The Kier molecular flexibility index (Phi) is 6.05. The predicted molar refractivity (Wildman–Crippen MR) is 109 cm³/mol. The van der Waals surface area contributed by atoms with Crippen LogP contribution in [-0.4, -0.2) is 52.1 Å². The van der Waals surface area contributed by atoms with Crippen molar-refractivity contribution in [3.05, 3.63) is 59.2 Å². The summed E-state index contributed by atoms with van der Waals surface area (Å²) in [5.41, 5.74) is 3.24. The number of carbonyl (C=O) groups excluding carboxylic acids is 1. The van der Waals surface area contributed by atoms with Crippen LogP contribution in [0.4, 0.5) is 5.69 Å². The van der Waals surface area contributed by atoms with Crippen molar-refractivity contribution in [2.75, 3.05) is 37.2 Å². The summed E-state index contributed by atoms with van der Waals surface area (Å²) in [6.45, 7) is 7.32. The number of amides is 1. The van der Waals surface area contributed by atoms with Crippen molar-refractivity contribution < 1.29 is 17.9 Å². The van der Waals surface area contributed by atoms with Gasteiger partial charge in [-0.15, -0.1) is 0 Å². The molecule has 150 valence electrons. The topological polar surface area (TPSA) is 66.9 Å². The van der Waals surface area contributed by atoms with Crippen LogP contribution in [0.2, 0.25) is 0 Å². The van der Waals surface area contributed by atoms with Gasteiger partial charge in [-0.3, -0.25) is 9.10 Å². The fourth-order valence-electron chi connectivity index (χ4n) is 3.16. The number of aryl methyl sites for hydroxylation is 3. The van der Waals surface area contributed by atoms with Gasteiger partial charge in [-0.05, 0) is 50.1 Å². The lowest BCUT2D eigenvalue weighted by atomic mass is 10.1. The zero-order valence-corrected chi connectivity index (χ0v) is 17.3. The van der Waals surface area contributed by atoms with E-state index in [-0.39, 0.29) is 17.3 Å². The minimum Gasteiger partial charge on any atom is -0.378 e. The van der Waals surface area contributed by atoms with Gasteiger partial charge in [-0.2, -0.15) is 0 Å². The first-order chi connectivity index (χ1) is 13.3. The van der Waals surface area contributed by atoms with Crippen molar-refractivity contribution in [3.8, 4) is 0 Å². The number of hydrogen-bond acceptors (Lipinski definition) is 4. The predicted octanol–water partition coefficient (Wildman–Crippen LogP) is 2.67. The summed E-state index contributed by atoms with van der Waals surface area (Å²) in [6.07, 6.45) is 0. The van der Waals surface area contributed by atoms with Crippen molar-refractivity contribution in [2.45, 2.75) is 25.7 Å². The summed E-state index contributed by atoms with van der Waals surface area (Å²) in [7, 11) is -3.89. The molecule has 0 N–H and O–H groups in total. The van der Waals surface area contributed by atoms with E-state index in [0.717, 1.165) is 16.7 Å². The van der Waals surface area contributed by atoms with Crippen LogP contribution in [0.1, 0.15) is 16.7 Å². The molecule has 7 heteroatoms. The van der Waals surface area contributed by atoms with Gasteiger partial charge in [0, 0.05) is 13.1 Å². The number of ether oxygens (including phenoxy) is 1. The van der Waals surface area contributed by atoms with Crippen LogP contribution >= 0.6 is 0 Å². The highest BCUT2D eigenvalue weighted by molar-refractivity contribution is 7.92. The maximum absolute atomic E-state index is 13.5. The third-order valence-electron chi connectivity index (χ3n) is 4.88. The molecule has 0 aromatic heterocycles. The normalized spacial score (nSPS) is 14.8. The minimum absolute atomic E-state index is 0.175. The van der Waals surface area contributed by atoms with Crippen LogP contribution < -0.4 is 4.31 Å². The number of carbonyl (C=O) groups is 1. The lowest BCUT2D eigenvalue weighted by Gasteiger charge is -2.31. The molecule has 2 aromatic carbocycles. The van der Waals surface area contributed by atoms with Gasteiger partial charge in [0.05, 0.1) is 23.8 Å². The molecule has 0 aliphatic carbocycles. The van der Waals surface area contributed by atoms with Gasteiger partial charge in [-0.25, -0.2) is 8.42 Å². The first kappa shape index (κ1) is 20.4. The number of hydrogen-bond donors (Lipinski definition) is 0. The van der Waals surface area contributed by atoms with Crippen LogP contribution in [0.3, 0.4) is 0 Å². The molecule has 0 bridgehead atoms. The first-order valence-electron chi connectivity index (χ1n) is 9.31. The Hall–Kier alpha value is -2.38. The second-order valence-corrected chi connectivity index (χ2v) is 8.97. The molecule has 0 unspecified atom stereocenters. The summed E-state index contributed by atoms with van der Waals surface area (Å²) in [4.78, 5) is 14.7. The zero-order valence-electron chi connectivity index (χ0n) is 16.5. The molecule has 1 aliphatic heterocycles. The molecule has 1 amide bonds. The molecule has 1 aliphatic rings. The molecular formula is C21H26N2O4S. The smallest absolute Gasteiger partial charge is 0.264 e. The maximum atomic E-state index is 13.5. The van der Waals surface area contributed by atoms with Gasteiger partial charge in [0.25, 0.3) is 10.0 Å². The van der Waals surface area contributed by atoms with Crippen LogP contribution in [-0.2, 0) is 19.6 Å². The second-order valence-electron chi connectivity index (χ2n) is 7.11. The highest BCUT2D eigenvalue weighted by atomic mass is 32.2. The van der Waals surface area contributed by atoms with Crippen LogP contribution in [0.5, 0.6) is 0 Å². The van der Waals surface area contributed by atoms with Crippen molar-refractivity contribution >= 4 is 21.6 Å². The number of nitrogens with zero attached hydrogens (tertiary/aromatic N) is 2. The van der Waals surface area contributed by atoms with E-state index in [0.29, 0.717) is 32.0 Å². The largest absolute Gasteiger partial charge is 0.378 e. The molecule has 1 saturated heterocycles. The molecule has 3 rings (SSSR count). The number of benzene rings is 2. The van der Waals surface area contributed by atoms with Gasteiger partial charge < -0.3 is 9.64 Å². The number of morpholine rings is 1. The number of sulfonamides is 1. The van der Waals surface area contributed by atoms with E-state index in [1.807, 2.05) is 39.0 Å². The lowest BCUT2D eigenvalue weighted by Crippen LogP contribution is -2.47. The summed E-state index contributed by atoms with van der Waals surface area (Å²) in [5.74, 6) is -0.222. The zero-order chi connectivity index (χ0) is 20.3. The van der Waals surface area contributed by atoms with Crippen molar-refractivity contribution in [2.24, 2.45) is 0 Å². The van der Waals surface area contributed by atoms with Crippen LogP contribution in [0.25, 0.3) is 0 Å². The quantitative estimate of drug-likeness (QED) is 0.771. The van der Waals surface area contributed by atoms with E-state index in [1.165, 1.54) is 4.31 Å². The Morgan fingerprint density at radius 1 is 1.00 bits per heavy atom. The second kappa shape index (κ2) is 8.32. The first-order valence-corrected chi connectivity index (χ1v) is 10.8. The molecule has 2 aromatic rings. The van der Waals surface area contributed by atoms with E-state index >= 15 is 0 Å². The van der Waals surface area contributed by atoms with Gasteiger partial charge >= 0.3 is 0 Å². The number of rotatable bonds is 5. The lowest BCUT2D eigenvalue weighted by molar-refractivity contribution is -0.133. The van der Waals surface area contributed by atoms with Gasteiger partial charge in [-0.1, -0.05) is 29.8 Å². The molecule has 1 heterocycles. The third kappa shape index (κ3) is 4.36. The molecule has 0 atom stereocenters. The monoisotopic (exact) mass is 402 g/mol. The van der Waals surface area contributed by atoms with E-state index in [4.69, 9.17) is 4.74 Å². The Morgan fingerprint density at radius 2 is 1.61 bits per heavy atom. The molecular weight excluding hydrogens is 376 g/mol. The van der Waals surface area contributed by atoms with Crippen molar-refractivity contribution in [1.29, 1.82) is 0 Å². The van der Waals surface area contributed by atoms with E-state index in [9.17, 15) is 13.2 Å². The standard InChI is InChI=1S/C21H26N2O4S/c1-16-5-8-19(9-6-16)28(25,26)23(20-14-17(2)4-7-18(20)3)15-21(24)22-10-12-27-13-11-22/h4-9,14H,10-13,15H2,1-3H3. The highest BCUT2D eigenvalue weighted by Crippen LogP contribution is 2.28. The van der Waals surface area contributed by atoms with Crippen molar-refractivity contribution in [3.63, 3.8) is 0 Å². The summed E-state index contributed by atoms with van der Waals surface area (Å²) in [6, 6.07) is 12.3. The summed E-state index contributed by atoms with van der Waals surface area (Å²) >= 11 is 0. The van der Waals surface area contributed by atoms with Gasteiger partial charge in [0.15, 0.2) is 0 Å². The Labute approximate surface area is 166 Å². The maximum Gasteiger partial charge on any atom is 0.264 e. The highest BCUT2D eigenvalue weighted by Gasteiger charge is 2.30. The average Bonchev–Trinajstić information content (AvgIpc) is 2.69. The molecule has 28 heavy (non-hydrogen) atoms. The molecule has 6 nitrogen and oxygen atoms in total. The van der Waals surface area contributed by atoms with Gasteiger partial charge in [0.2, 0.25) is 5.91 Å². The SMILES string of the molecule is Cc1ccc(S(=O)(=O)N(CC(=O)N2CCOCC2)c2cc(C)ccc2C)cc1. The molecule has 0 spiro atoms. The summed E-state index contributed by atoms with van der Waals surface area (Å²) < 4.78 is 33.4. The minimum atomic E-state index is -3.89. The Balaban J connectivity index is 2.02. The molecule has 0 saturated carbocycles. The third-order valence-corrected chi connectivity index (χ3v) is 6.66. The Morgan fingerprint density at radius 3 is 2.25 bits per heavy atom. The van der Waals surface area contributed by atoms with E-state index < -0.39 is 10.0 Å². The molecule has 0 radical (unpaired) electrons. The van der Waals surface area contributed by atoms with Gasteiger partial charge in [0.1, 0.15) is 6.54 Å². The Bertz CT molecular complexity index is 949. The summed E-state index contributed by atoms with van der Waals surface area (Å²) in [5, 5.41) is 0. The van der Waals surface area contributed by atoms with E-state index in [2.05, 4.69) is 0 Å². The molecule has 1 fully saturated rings. The van der Waals surface area contributed by atoms with E-state index in [1.54, 1.807) is 29.2 Å². The van der Waals surface area contributed by atoms with Crippen molar-refractivity contribution in [1.82, 2.24) is 4.90 Å². The van der Waals surface area contributed by atoms with Crippen LogP contribution in [0, 0.1) is 20.8 Å². The fraction of sp³-hybridized carbons (Fsp3) is 0.381. The fourth-order valence-corrected chi connectivity index (χ4v) is 4.63. The number of anilines is 1. The average molecular weight is 403 g/mol.